The largest absolute Gasteiger partial charge is 0.352 e. The van der Waals surface area contributed by atoms with Gasteiger partial charge in [-0.3, -0.25) is 4.79 Å². The zero-order valence-electron chi connectivity index (χ0n) is 11.5. The summed E-state index contributed by atoms with van der Waals surface area (Å²) in [6, 6.07) is 13.7. The van der Waals surface area contributed by atoms with E-state index < -0.39 is 5.92 Å². The van der Waals surface area contributed by atoms with Crippen LogP contribution in [0.1, 0.15) is 24.6 Å². The van der Waals surface area contributed by atoms with Crippen LogP contribution in [0.5, 0.6) is 0 Å². The van der Waals surface area contributed by atoms with E-state index in [1.165, 1.54) is 0 Å². The van der Waals surface area contributed by atoms with Gasteiger partial charge in [-0.15, -0.1) is 0 Å². The Morgan fingerprint density at radius 3 is 2.76 bits per heavy atom. The van der Waals surface area contributed by atoms with Crippen LogP contribution < -0.4 is 0 Å². The smallest absolute Gasteiger partial charge is 0.225 e. The molecule has 1 aromatic rings. The molecule has 1 unspecified atom stereocenters. The van der Waals surface area contributed by atoms with Gasteiger partial charge in [-0.05, 0) is 0 Å². The van der Waals surface area contributed by atoms with Gasteiger partial charge in [0.2, 0.25) is 5.91 Å². The number of carbonyl (C=O) groups is 1. The average Bonchev–Trinajstić information content (AvgIpc) is 3.08. The molecule has 1 amide bonds. The first kappa shape index (κ1) is 13.6. The fraction of sp³-hybridized carbons (Fsp3) is 0.438. The summed E-state index contributed by atoms with van der Waals surface area (Å²) in [4.78, 5) is 14.1. The predicted molar refractivity (Wildman–Crippen MR) is 73.2 cm³/mol. The average molecular weight is 281 g/mol. The monoisotopic (exact) mass is 281 g/mol. The fourth-order valence-corrected chi connectivity index (χ4v) is 3.29. The van der Waals surface area contributed by atoms with E-state index in [-0.39, 0.29) is 30.5 Å². The second-order valence-electron chi connectivity index (χ2n) is 5.43. The maximum absolute atomic E-state index is 12.3. The third kappa shape index (κ3) is 2.26. The number of fused-ring (bicyclic) bond motifs is 1. The molecule has 2 aliphatic heterocycles. The van der Waals surface area contributed by atoms with Gasteiger partial charge in [0.1, 0.15) is 0 Å². The SMILES string of the molecule is N#CCC(C#N)[C@H]1CC(=O)N2[C@@H](c3ccccc3)OC[C@H]12. The molecule has 0 N–H and O–H groups in total. The Morgan fingerprint density at radius 1 is 1.33 bits per heavy atom. The third-order valence-corrected chi connectivity index (χ3v) is 4.31. The zero-order valence-corrected chi connectivity index (χ0v) is 11.5. The molecule has 0 aromatic heterocycles. The van der Waals surface area contributed by atoms with Crippen molar-refractivity contribution < 1.29 is 9.53 Å². The van der Waals surface area contributed by atoms with Crippen LogP contribution in [0, 0.1) is 34.5 Å². The third-order valence-electron chi connectivity index (χ3n) is 4.31. The summed E-state index contributed by atoms with van der Waals surface area (Å²) in [5, 5.41) is 18.1. The van der Waals surface area contributed by atoms with Crippen LogP contribution in [0.3, 0.4) is 0 Å². The van der Waals surface area contributed by atoms with Crippen LogP contribution in [-0.2, 0) is 9.53 Å². The first-order valence-electron chi connectivity index (χ1n) is 7.00. The van der Waals surface area contributed by atoms with Crippen molar-refractivity contribution in [1.82, 2.24) is 4.90 Å². The molecule has 0 aliphatic carbocycles. The Labute approximate surface area is 123 Å². The first-order valence-corrected chi connectivity index (χ1v) is 7.00. The lowest BCUT2D eigenvalue weighted by Gasteiger charge is -2.24. The summed E-state index contributed by atoms with van der Waals surface area (Å²) in [6.45, 7) is 0.430. The van der Waals surface area contributed by atoms with Gasteiger partial charge in [0.15, 0.2) is 6.23 Å². The number of benzene rings is 1. The van der Waals surface area contributed by atoms with Crippen molar-refractivity contribution in [2.45, 2.75) is 25.1 Å². The molecule has 21 heavy (non-hydrogen) atoms. The van der Waals surface area contributed by atoms with Crippen LogP contribution >= 0.6 is 0 Å². The van der Waals surface area contributed by atoms with Crippen LogP contribution in [0.4, 0.5) is 0 Å². The number of ether oxygens (including phenoxy) is 1. The Bertz CT molecular complexity index is 617. The summed E-state index contributed by atoms with van der Waals surface area (Å²) in [6.07, 6.45) is 0.126. The van der Waals surface area contributed by atoms with Gasteiger partial charge in [-0.25, -0.2) is 0 Å². The molecule has 5 heteroatoms. The van der Waals surface area contributed by atoms with Gasteiger partial charge in [-0.1, -0.05) is 30.3 Å². The Kier molecular flexibility index (Phi) is 3.60. The van der Waals surface area contributed by atoms with Crippen molar-refractivity contribution in [2.75, 3.05) is 6.61 Å². The van der Waals surface area contributed by atoms with E-state index in [0.29, 0.717) is 13.0 Å². The van der Waals surface area contributed by atoms with Crippen molar-refractivity contribution in [1.29, 1.82) is 10.5 Å². The van der Waals surface area contributed by atoms with Crippen molar-refractivity contribution in [3.63, 3.8) is 0 Å². The molecule has 1 aromatic carbocycles. The lowest BCUT2D eigenvalue weighted by Crippen LogP contribution is -2.34. The van der Waals surface area contributed by atoms with Gasteiger partial charge in [0, 0.05) is 17.9 Å². The highest BCUT2D eigenvalue weighted by Gasteiger charge is 2.51. The molecule has 106 valence electrons. The molecular weight excluding hydrogens is 266 g/mol. The molecule has 2 fully saturated rings. The fourth-order valence-electron chi connectivity index (χ4n) is 3.29. The molecule has 4 atom stereocenters. The predicted octanol–water partition coefficient (Wildman–Crippen LogP) is 1.99. The molecular formula is C16H15N3O2. The van der Waals surface area contributed by atoms with Crippen molar-refractivity contribution in [3.05, 3.63) is 35.9 Å². The highest BCUT2D eigenvalue weighted by Crippen LogP contribution is 2.43. The molecule has 3 rings (SSSR count). The summed E-state index contributed by atoms with van der Waals surface area (Å²) in [5.74, 6) is -0.516. The minimum absolute atomic E-state index is 0.00884. The number of carbonyl (C=O) groups excluding carboxylic acids is 1. The van der Waals surface area contributed by atoms with E-state index in [1.54, 1.807) is 4.90 Å². The number of rotatable bonds is 3. The summed E-state index contributed by atoms with van der Waals surface area (Å²) in [7, 11) is 0. The highest BCUT2D eigenvalue weighted by atomic mass is 16.5. The number of hydrogen-bond donors (Lipinski definition) is 0. The number of amides is 1. The molecule has 0 saturated carbocycles. The van der Waals surface area contributed by atoms with Crippen molar-refractivity contribution in [3.8, 4) is 12.1 Å². The Hall–Kier alpha value is -2.37. The number of hydrogen-bond acceptors (Lipinski definition) is 4. The standard InChI is InChI=1S/C16H15N3O2/c17-7-6-12(9-18)13-8-15(20)19-14(13)10-21-16(19)11-4-2-1-3-5-11/h1-5,12-14,16H,6,8,10H2/t12?,13-,14-,16-/m1/s1. The molecule has 5 nitrogen and oxygen atoms in total. The highest BCUT2D eigenvalue weighted by molar-refractivity contribution is 5.80. The maximum atomic E-state index is 12.3. The second-order valence-corrected chi connectivity index (χ2v) is 5.43. The summed E-state index contributed by atoms with van der Waals surface area (Å²) >= 11 is 0. The lowest BCUT2D eigenvalue weighted by molar-refractivity contribution is -0.134. The summed E-state index contributed by atoms with van der Waals surface area (Å²) < 4.78 is 5.79. The molecule has 2 aliphatic rings. The second kappa shape index (κ2) is 5.55. The van der Waals surface area contributed by atoms with E-state index in [9.17, 15) is 10.1 Å². The molecule has 0 spiro atoms. The van der Waals surface area contributed by atoms with Crippen LogP contribution in [-0.4, -0.2) is 23.5 Å². The molecule has 2 heterocycles. The van der Waals surface area contributed by atoms with Gasteiger partial charge in [0.25, 0.3) is 0 Å². The van der Waals surface area contributed by atoms with E-state index in [1.807, 2.05) is 36.4 Å². The Balaban J connectivity index is 1.85. The number of nitrogens with zero attached hydrogens (tertiary/aromatic N) is 3. The summed E-state index contributed by atoms with van der Waals surface area (Å²) in [5.41, 5.74) is 0.947. The van der Waals surface area contributed by atoms with Crippen LogP contribution in [0.15, 0.2) is 30.3 Å². The van der Waals surface area contributed by atoms with Crippen LogP contribution in [0.2, 0.25) is 0 Å². The zero-order chi connectivity index (χ0) is 14.8. The maximum Gasteiger partial charge on any atom is 0.225 e. The molecule has 0 radical (unpaired) electrons. The molecule has 0 bridgehead atoms. The topological polar surface area (TPSA) is 77.1 Å². The van der Waals surface area contributed by atoms with Crippen molar-refractivity contribution >= 4 is 5.91 Å². The van der Waals surface area contributed by atoms with E-state index in [0.717, 1.165) is 5.56 Å². The Morgan fingerprint density at radius 2 is 2.10 bits per heavy atom. The number of nitriles is 2. The van der Waals surface area contributed by atoms with Crippen LogP contribution in [0.25, 0.3) is 0 Å². The quantitative estimate of drug-likeness (QED) is 0.848. The van der Waals surface area contributed by atoms with Gasteiger partial charge in [-0.2, -0.15) is 10.5 Å². The first-order chi connectivity index (χ1) is 10.3. The van der Waals surface area contributed by atoms with Gasteiger partial charge in [0.05, 0.1) is 37.1 Å². The van der Waals surface area contributed by atoms with E-state index in [4.69, 9.17) is 10.00 Å². The van der Waals surface area contributed by atoms with Crippen molar-refractivity contribution in [2.24, 2.45) is 11.8 Å². The minimum Gasteiger partial charge on any atom is -0.352 e. The van der Waals surface area contributed by atoms with Gasteiger partial charge < -0.3 is 9.64 Å². The molecule has 2 saturated heterocycles. The van der Waals surface area contributed by atoms with E-state index in [2.05, 4.69) is 6.07 Å². The van der Waals surface area contributed by atoms with Gasteiger partial charge >= 0.3 is 0 Å². The normalized spacial score (nSPS) is 28.8. The lowest BCUT2D eigenvalue weighted by atomic mass is 9.85. The minimum atomic E-state index is -0.410. The van der Waals surface area contributed by atoms with E-state index >= 15 is 0 Å².